The summed E-state index contributed by atoms with van der Waals surface area (Å²) >= 11 is 0. The van der Waals surface area contributed by atoms with Crippen LogP contribution < -0.4 is 9.64 Å². The number of anilines is 1. The summed E-state index contributed by atoms with van der Waals surface area (Å²) in [6.07, 6.45) is 3.41. The van der Waals surface area contributed by atoms with E-state index in [1.165, 1.54) is 11.4 Å². The summed E-state index contributed by atoms with van der Waals surface area (Å²) in [5.41, 5.74) is 2.40. The monoisotopic (exact) mass is 327 g/mol. The van der Waals surface area contributed by atoms with E-state index in [-0.39, 0.29) is 5.91 Å². The van der Waals surface area contributed by atoms with Crippen molar-refractivity contribution in [3.05, 3.63) is 48.3 Å². The van der Waals surface area contributed by atoms with Gasteiger partial charge in [-0.3, -0.25) is 4.79 Å². The molecule has 24 heavy (non-hydrogen) atoms. The maximum Gasteiger partial charge on any atom is 0.223 e. The summed E-state index contributed by atoms with van der Waals surface area (Å²) in [7, 11) is 3.70. The summed E-state index contributed by atoms with van der Waals surface area (Å²) in [6, 6.07) is 12.2. The molecule has 5 nitrogen and oxygen atoms in total. The van der Waals surface area contributed by atoms with Gasteiger partial charge in [0.05, 0.1) is 7.11 Å². The molecule has 0 unspecified atom stereocenters. The number of rotatable bonds is 5. The van der Waals surface area contributed by atoms with Crippen LogP contribution >= 0.6 is 0 Å². The molecule has 1 fully saturated rings. The van der Waals surface area contributed by atoms with Gasteiger partial charge in [0.15, 0.2) is 0 Å². The van der Waals surface area contributed by atoms with E-state index >= 15 is 0 Å². The Morgan fingerprint density at radius 2 is 1.79 bits per heavy atom. The summed E-state index contributed by atoms with van der Waals surface area (Å²) in [4.78, 5) is 16.7. The molecule has 0 aliphatic carbocycles. The largest absolute Gasteiger partial charge is 0.497 e. The topological polar surface area (TPSA) is 37.7 Å². The first-order valence-corrected chi connectivity index (χ1v) is 8.44. The molecule has 1 aromatic heterocycles. The molecule has 0 bridgehead atoms. The number of benzene rings is 1. The van der Waals surface area contributed by atoms with Crippen LogP contribution in [0, 0.1) is 0 Å². The summed E-state index contributed by atoms with van der Waals surface area (Å²) in [6.45, 7) is 3.33. The zero-order valence-electron chi connectivity index (χ0n) is 14.4. The predicted molar refractivity (Wildman–Crippen MR) is 95.5 cm³/mol. The number of carbonyl (C=O) groups is 1. The van der Waals surface area contributed by atoms with Crippen LogP contribution in [0.3, 0.4) is 0 Å². The second-order valence-electron chi connectivity index (χ2n) is 6.18. The van der Waals surface area contributed by atoms with Gasteiger partial charge >= 0.3 is 0 Å². The lowest BCUT2D eigenvalue weighted by Gasteiger charge is -2.36. The SMILES string of the molecule is COc1ccc(N2CCN(C(=O)CCc3cccn3C)CC2)cc1. The third-order valence-electron chi connectivity index (χ3n) is 4.72. The number of methoxy groups -OCH3 is 1. The molecule has 1 saturated heterocycles. The first-order valence-electron chi connectivity index (χ1n) is 8.44. The van der Waals surface area contributed by atoms with E-state index in [1.807, 2.05) is 36.3 Å². The first kappa shape index (κ1) is 16.4. The van der Waals surface area contributed by atoms with Gasteiger partial charge in [0, 0.05) is 57.2 Å². The number of aryl methyl sites for hydroxylation is 2. The van der Waals surface area contributed by atoms with Crippen LogP contribution in [0.2, 0.25) is 0 Å². The Hall–Kier alpha value is -2.43. The smallest absolute Gasteiger partial charge is 0.223 e. The van der Waals surface area contributed by atoms with Gasteiger partial charge in [-0.2, -0.15) is 0 Å². The van der Waals surface area contributed by atoms with Crippen molar-refractivity contribution in [1.82, 2.24) is 9.47 Å². The standard InChI is InChI=1S/C19H25N3O2/c1-20-11-3-4-16(20)7-10-19(23)22-14-12-21(13-15-22)17-5-8-18(24-2)9-6-17/h3-6,8-9,11H,7,10,12-15H2,1-2H3. The number of hydrogen-bond donors (Lipinski definition) is 0. The van der Waals surface area contributed by atoms with Gasteiger partial charge in [-0.1, -0.05) is 0 Å². The Balaban J connectivity index is 1.49. The van der Waals surface area contributed by atoms with Crippen LogP contribution in [0.15, 0.2) is 42.6 Å². The van der Waals surface area contributed by atoms with Crippen LogP contribution in [0.4, 0.5) is 5.69 Å². The molecule has 3 rings (SSSR count). The zero-order chi connectivity index (χ0) is 16.9. The van der Waals surface area contributed by atoms with Crippen molar-refractivity contribution in [2.45, 2.75) is 12.8 Å². The third-order valence-corrected chi connectivity index (χ3v) is 4.72. The lowest BCUT2D eigenvalue weighted by molar-refractivity contribution is -0.131. The van der Waals surface area contributed by atoms with Gasteiger partial charge < -0.3 is 19.1 Å². The molecule has 0 atom stereocenters. The molecular weight excluding hydrogens is 302 g/mol. The summed E-state index contributed by atoms with van der Waals surface area (Å²) in [5, 5.41) is 0. The van der Waals surface area contributed by atoms with E-state index in [2.05, 4.69) is 27.7 Å². The average molecular weight is 327 g/mol. The van der Waals surface area contributed by atoms with Crippen molar-refractivity contribution in [1.29, 1.82) is 0 Å². The van der Waals surface area contributed by atoms with E-state index in [1.54, 1.807) is 7.11 Å². The van der Waals surface area contributed by atoms with Crippen molar-refractivity contribution in [3.8, 4) is 5.75 Å². The predicted octanol–water partition coefficient (Wildman–Crippen LogP) is 2.32. The van der Waals surface area contributed by atoms with Gasteiger partial charge in [0.2, 0.25) is 5.91 Å². The van der Waals surface area contributed by atoms with Gasteiger partial charge in [0.25, 0.3) is 0 Å². The van der Waals surface area contributed by atoms with Gasteiger partial charge in [-0.25, -0.2) is 0 Å². The Morgan fingerprint density at radius 1 is 1.08 bits per heavy atom. The first-order chi connectivity index (χ1) is 11.7. The second-order valence-corrected chi connectivity index (χ2v) is 6.18. The minimum atomic E-state index is 0.255. The van der Waals surface area contributed by atoms with E-state index in [0.29, 0.717) is 6.42 Å². The van der Waals surface area contributed by atoms with Crippen molar-refractivity contribution in [3.63, 3.8) is 0 Å². The highest BCUT2D eigenvalue weighted by Gasteiger charge is 2.21. The minimum Gasteiger partial charge on any atom is -0.497 e. The van der Waals surface area contributed by atoms with E-state index in [0.717, 1.165) is 38.3 Å². The third kappa shape index (κ3) is 3.72. The van der Waals surface area contributed by atoms with Crippen LogP contribution in [-0.2, 0) is 18.3 Å². The number of nitrogens with zero attached hydrogens (tertiary/aromatic N) is 3. The summed E-state index contributed by atoms with van der Waals surface area (Å²) in [5.74, 6) is 1.12. The van der Waals surface area contributed by atoms with Gasteiger partial charge in [0.1, 0.15) is 5.75 Å². The Bertz CT molecular complexity index is 670. The fraction of sp³-hybridized carbons (Fsp3) is 0.421. The molecule has 2 heterocycles. The van der Waals surface area contributed by atoms with Crippen LogP contribution in [0.25, 0.3) is 0 Å². The molecule has 0 N–H and O–H groups in total. The highest BCUT2D eigenvalue weighted by Crippen LogP contribution is 2.20. The molecular formula is C19H25N3O2. The fourth-order valence-electron chi connectivity index (χ4n) is 3.16. The van der Waals surface area contributed by atoms with Crippen molar-refractivity contribution < 1.29 is 9.53 Å². The fourth-order valence-corrected chi connectivity index (χ4v) is 3.16. The van der Waals surface area contributed by atoms with E-state index in [4.69, 9.17) is 4.74 Å². The Kier molecular flexibility index (Phi) is 5.08. The molecule has 0 saturated carbocycles. The maximum absolute atomic E-state index is 12.4. The second kappa shape index (κ2) is 7.43. The van der Waals surface area contributed by atoms with Crippen molar-refractivity contribution >= 4 is 11.6 Å². The number of amides is 1. The Labute approximate surface area is 143 Å². The molecule has 128 valence electrons. The molecule has 5 heteroatoms. The molecule has 1 aliphatic heterocycles. The van der Waals surface area contributed by atoms with Crippen molar-refractivity contribution in [2.75, 3.05) is 38.2 Å². The van der Waals surface area contributed by atoms with Gasteiger partial charge in [-0.15, -0.1) is 0 Å². The molecule has 0 radical (unpaired) electrons. The van der Waals surface area contributed by atoms with E-state index in [9.17, 15) is 4.79 Å². The lowest BCUT2D eigenvalue weighted by atomic mass is 10.2. The minimum absolute atomic E-state index is 0.255. The normalized spacial score (nSPS) is 14.8. The number of ether oxygens (including phenoxy) is 1. The highest BCUT2D eigenvalue weighted by molar-refractivity contribution is 5.76. The molecule has 1 amide bonds. The Morgan fingerprint density at radius 3 is 2.38 bits per heavy atom. The number of piperazine rings is 1. The van der Waals surface area contributed by atoms with E-state index < -0.39 is 0 Å². The lowest BCUT2D eigenvalue weighted by Crippen LogP contribution is -2.48. The average Bonchev–Trinajstić information content (AvgIpc) is 3.05. The molecule has 1 aliphatic rings. The van der Waals surface area contributed by atoms with Crippen LogP contribution in [0.5, 0.6) is 5.75 Å². The van der Waals surface area contributed by atoms with Crippen LogP contribution in [0.1, 0.15) is 12.1 Å². The molecule has 1 aromatic carbocycles. The van der Waals surface area contributed by atoms with Gasteiger partial charge in [-0.05, 0) is 42.8 Å². The van der Waals surface area contributed by atoms with Crippen LogP contribution in [-0.4, -0.2) is 48.7 Å². The number of hydrogen-bond acceptors (Lipinski definition) is 3. The zero-order valence-corrected chi connectivity index (χ0v) is 14.4. The number of carbonyl (C=O) groups excluding carboxylic acids is 1. The molecule has 0 spiro atoms. The quantitative estimate of drug-likeness (QED) is 0.846. The number of aromatic nitrogens is 1. The highest BCUT2D eigenvalue weighted by atomic mass is 16.5. The van der Waals surface area contributed by atoms with Crippen molar-refractivity contribution in [2.24, 2.45) is 7.05 Å². The summed E-state index contributed by atoms with van der Waals surface area (Å²) < 4.78 is 7.28. The maximum atomic E-state index is 12.4. The molecule has 2 aromatic rings.